The van der Waals surface area contributed by atoms with Gasteiger partial charge in [0, 0.05) is 22.7 Å². The van der Waals surface area contributed by atoms with Crippen LogP contribution < -0.4 is 9.64 Å². The van der Waals surface area contributed by atoms with Crippen molar-refractivity contribution in [3.63, 3.8) is 0 Å². The third-order valence-electron chi connectivity index (χ3n) is 4.58. The van der Waals surface area contributed by atoms with Crippen molar-refractivity contribution in [3.8, 4) is 5.75 Å². The van der Waals surface area contributed by atoms with Crippen molar-refractivity contribution in [1.29, 1.82) is 0 Å². The molecule has 26 heavy (non-hydrogen) atoms. The third kappa shape index (κ3) is 3.22. The average Bonchev–Trinajstić information content (AvgIpc) is 3.22. The Bertz CT molecular complexity index is 933. The minimum atomic E-state index is 0.0316. The second-order valence-electron chi connectivity index (χ2n) is 6.53. The van der Waals surface area contributed by atoms with Crippen LogP contribution in [0.4, 0.5) is 5.69 Å². The number of amides is 1. The maximum atomic E-state index is 13.0. The summed E-state index contributed by atoms with van der Waals surface area (Å²) in [5.41, 5.74) is 3.84. The number of para-hydroxylation sites is 1. The largest absolute Gasteiger partial charge is 0.487 e. The number of carbonyl (C=O) groups excluding carboxylic acids is 1. The molecule has 3 aromatic rings. The Morgan fingerprint density at radius 2 is 2.00 bits per heavy atom. The molecular formula is C21H20N2O2S. The van der Waals surface area contributed by atoms with Crippen LogP contribution >= 0.6 is 11.3 Å². The highest BCUT2D eigenvalue weighted by molar-refractivity contribution is 7.09. The van der Waals surface area contributed by atoms with E-state index in [1.54, 1.807) is 11.3 Å². The lowest BCUT2D eigenvalue weighted by Gasteiger charge is -2.23. The van der Waals surface area contributed by atoms with E-state index in [1.165, 1.54) is 5.56 Å². The SMILES string of the molecule is Cc1nc(COc2ccc(C(=O)N3c4ccccc4C[C@H]3C)cc2)cs1. The Balaban J connectivity index is 1.47. The molecule has 1 aromatic heterocycles. The molecule has 0 radical (unpaired) electrons. The molecule has 5 heteroatoms. The summed E-state index contributed by atoms with van der Waals surface area (Å²) in [6.07, 6.45) is 0.899. The number of nitrogens with zero attached hydrogens (tertiary/aromatic N) is 2. The molecular weight excluding hydrogens is 344 g/mol. The molecule has 0 aliphatic carbocycles. The van der Waals surface area contributed by atoms with E-state index in [4.69, 9.17) is 4.74 Å². The second-order valence-corrected chi connectivity index (χ2v) is 7.59. The minimum Gasteiger partial charge on any atom is -0.487 e. The summed E-state index contributed by atoms with van der Waals surface area (Å²) in [5, 5.41) is 3.03. The quantitative estimate of drug-likeness (QED) is 0.678. The molecule has 4 rings (SSSR count). The van der Waals surface area contributed by atoms with Gasteiger partial charge < -0.3 is 9.64 Å². The summed E-state index contributed by atoms with van der Waals surface area (Å²) in [7, 11) is 0. The summed E-state index contributed by atoms with van der Waals surface area (Å²) < 4.78 is 5.76. The number of anilines is 1. The number of aryl methyl sites for hydroxylation is 1. The molecule has 2 aromatic carbocycles. The molecule has 1 atom stereocenters. The van der Waals surface area contributed by atoms with E-state index < -0.39 is 0 Å². The van der Waals surface area contributed by atoms with Crippen LogP contribution in [0.1, 0.15) is 33.5 Å². The number of hydrogen-bond donors (Lipinski definition) is 0. The third-order valence-corrected chi connectivity index (χ3v) is 5.40. The molecule has 0 bridgehead atoms. The molecule has 1 aliphatic heterocycles. The van der Waals surface area contributed by atoms with Crippen LogP contribution in [-0.4, -0.2) is 16.9 Å². The molecule has 0 N–H and O–H groups in total. The van der Waals surface area contributed by atoms with Crippen LogP contribution in [-0.2, 0) is 13.0 Å². The van der Waals surface area contributed by atoms with E-state index >= 15 is 0 Å². The Labute approximate surface area is 157 Å². The van der Waals surface area contributed by atoms with Crippen LogP contribution in [0.25, 0.3) is 0 Å². The number of hydrogen-bond acceptors (Lipinski definition) is 4. The molecule has 0 saturated heterocycles. The Morgan fingerprint density at radius 3 is 2.73 bits per heavy atom. The first-order chi connectivity index (χ1) is 12.6. The van der Waals surface area contributed by atoms with Gasteiger partial charge in [-0.2, -0.15) is 0 Å². The number of benzene rings is 2. The number of thiazole rings is 1. The fraction of sp³-hybridized carbons (Fsp3) is 0.238. The molecule has 0 fully saturated rings. The molecule has 2 heterocycles. The van der Waals surface area contributed by atoms with Gasteiger partial charge in [0.1, 0.15) is 12.4 Å². The van der Waals surface area contributed by atoms with Crippen LogP contribution in [0.2, 0.25) is 0 Å². The number of carbonyl (C=O) groups is 1. The Morgan fingerprint density at radius 1 is 1.23 bits per heavy atom. The molecule has 1 aliphatic rings. The topological polar surface area (TPSA) is 42.4 Å². The lowest BCUT2D eigenvalue weighted by atomic mass is 10.1. The van der Waals surface area contributed by atoms with Crippen molar-refractivity contribution in [3.05, 3.63) is 75.7 Å². The van der Waals surface area contributed by atoms with Gasteiger partial charge in [-0.15, -0.1) is 11.3 Å². The monoisotopic (exact) mass is 364 g/mol. The lowest BCUT2D eigenvalue weighted by molar-refractivity contribution is 0.0981. The zero-order valence-corrected chi connectivity index (χ0v) is 15.6. The molecule has 4 nitrogen and oxygen atoms in total. The van der Waals surface area contributed by atoms with Gasteiger partial charge >= 0.3 is 0 Å². The maximum absolute atomic E-state index is 13.0. The zero-order valence-electron chi connectivity index (χ0n) is 14.8. The minimum absolute atomic E-state index is 0.0316. The van der Waals surface area contributed by atoms with E-state index in [1.807, 2.05) is 59.7 Å². The fourth-order valence-corrected chi connectivity index (χ4v) is 3.94. The van der Waals surface area contributed by atoms with Gasteiger partial charge in [0.05, 0.1) is 10.7 Å². The van der Waals surface area contributed by atoms with Crippen LogP contribution in [0.3, 0.4) is 0 Å². The molecule has 132 valence electrons. The van der Waals surface area contributed by atoms with Crippen LogP contribution in [0.15, 0.2) is 53.9 Å². The van der Waals surface area contributed by atoms with E-state index in [0.29, 0.717) is 12.2 Å². The van der Waals surface area contributed by atoms with Gasteiger partial charge in [-0.3, -0.25) is 4.79 Å². The van der Waals surface area contributed by atoms with Crippen molar-refractivity contribution in [1.82, 2.24) is 4.98 Å². The van der Waals surface area contributed by atoms with Crippen molar-refractivity contribution in [2.24, 2.45) is 0 Å². The van der Waals surface area contributed by atoms with Crippen LogP contribution in [0.5, 0.6) is 5.75 Å². The molecule has 0 unspecified atom stereocenters. The van der Waals surface area contributed by atoms with E-state index in [2.05, 4.69) is 18.0 Å². The van der Waals surface area contributed by atoms with E-state index in [0.717, 1.165) is 28.6 Å². The first-order valence-electron chi connectivity index (χ1n) is 8.67. The number of fused-ring (bicyclic) bond motifs is 1. The van der Waals surface area contributed by atoms with Crippen molar-refractivity contribution in [2.45, 2.75) is 32.9 Å². The first kappa shape index (κ1) is 16.8. The average molecular weight is 364 g/mol. The first-order valence-corrected chi connectivity index (χ1v) is 9.55. The van der Waals surface area contributed by atoms with Crippen molar-refractivity contribution in [2.75, 3.05) is 4.90 Å². The predicted molar refractivity (Wildman–Crippen MR) is 104 cm³/mol. The summed E-state index contributed by atoms with van der Waals surface area (Å²) in [5.74, 6) is 0.770. The fourth-order valence-electron chi connectivity index (χ4n) is 3.34. The highest BCUT2D eigenvalue weighted by Crippen LogP contribution is 2.33. The van der Waals surface area contributed by atoms with Crippen molar-refractivity contribution < 1.29 is 9.53 Å². The Kier molecular flexibility index (Phi) is 4.47. The highest BCUT2D eigenvalue weighted by atomic mass is 32.1. The lowest BCUT2D eigenvalue weighted by Crippen LogP contribution is -2.35. The normalized spacial score (nSPS) is 15.8. The van der Waals surface area contributed by atoms with Gasteiger partial charge in [0.2, 0.25) is 0 Å². The van der Waals surface area contributed by atoms with Gasteiger partial charge in [-0.05, 0) is 56.2 Å². The van der Waals surface area contributed by atoms with Gasteiger partial charge in [-0.25, -0.2) is 4.98 Å². The number of rotatable bonds is 4. The number of aromatic nitrogens is 1. The van der Waals surface area contributed by atoms with Gasteiger partial charge in [0.25, 0.3) is 5.91 Å². The zero-order chi connectivity index (χ0) is 18.1. The summed E-state index contributed by atoms with van der Waals surface area (Å²) >= 11 is 1.61. The number of ether oxygens (including phenoxy) is 1. The summed E-state index contributed by atoms with van der Waals surface area (Å²) in [4.78, 5) is 19.3. The van der Waals surface area contributed by atoms with Crippen LogP contribution in [0, 0.1) is 6.92 Å². The Hall–Kier alpha value is -2.66. The second kappa shape index (κ2) is 6.92. The highest BCUT2D eigenvalue weighted by Gasteiger charge is 2.31. The van der Waals surface area contributed by atoms with Gasteiger partial charge in [-0.1, -0.05) is 18.2 Å². The van der Waals surface area contributed by atoms with E-state index in [-0.39, 0.29) is 11.9 Å². The maximum Gasteiger partial charge on any atom is 0.258 e. The molecule has 1 amide bonds. The smallest absolute Gasteiger partial charge is 0.258 e. The predicted octanol–water partition coefficient (Wildman–Crippen LogP) is 4.62. The van der Waals surface area contributed by atoms with Gasteiger partial charge in [0.15, 0.2) is 0 Å². The summed E-state index contributed by atoms with van der Waals surface area (Å²) in [6, 6.07) is 15.6. The molecule has 0 saturated carbocycles. The molecule has 0 spiro atoms. The summed E-state index contributed by atoms with van der Waals surface area (Å²) in [6.45, 7) is 4.51. The van der Waals surface area contributed by atoms with Crippen molar-refractivity contribution >= 4 is 22.9 Å². The van der Waals surface area contributed by atoms with E-state index in [9.17, 15) is 4.79 Å². The standard InChI is InChI=1S/C21H20N2O2S/c1-14-11-17-5-3-4-6-20(17)23(14)21(24)16-7-9-19(10-8-16)25-12-18-13-26-15(2)22-18/h3-10,13-14H,11-12H2,1-2H3/t14-/m1/s1.